The molecule has 0 aromatic heterocycles. The minimum atomic E-state index is 0.401. The highest BCUT2D eigenvalue weighted by Crippen LogP contribution is 2.56. The van der Waals surface area contributed by atoms with Crippen LogP contribution in [0.1, 0.15) is 58.9 Å². The Bertz CT molecular complexity index is 3560. The summed E-state index contributed by atoms with van der Waals surface area (Å²) in [6, 6.07) is 84.7. The summed E-state index contributed by atoms with van der Waals surface area (Å²) in [5, 5.41) is 10.6. The molecule has 3 atom stereocenters. The van der Waals surface area contributed by atoms with Gasteiger partial charge in [0.1, 0.15) is 0 Å². The van der Waals surface area contributed by atoms with Crippen LogP contribution in [0, 0.1) is 6.92 Å². The van der Waals surface area contributed by atoms with Crippen molar-refractivity contribution in [3.8, 4) is 33.4 Å². The average Bonchev–Trinajstić information content (AvgIpc) is 3.72. The molecule has 1 nitrogen and oxygen atoms in total. The molecule has 320 valence electrons. The Balaban J connectivity index is 0.975. The standard InChI is InChI=1S/C66H51N/c1-43-40-46(36-38-49(43)50-25-9-8-22-45(50)41-44-20-4-2-5-21-44)63-53-27-10-14-31-57(53)65(58-32-15-11-28-54(58)63)66-59-33-16-12-29-55(59)64(56-30-13-17-34-60(56)66)47-37-39-52-51-26-18-19-35-61(51)67(62(52)42-47)48-23-6-3-7-24-48/h2-36,38,40,47,52,62H,37,39,41-42H2,1H3. The lowest BCUT2D eigenvalue weighted by Crippen LogP contribution is -2.35. The summed E-state index contributed by atoms with van der Waals surface area (Å²) in [7, 11) is 0. The van der Waals surface area contributed by atoms with Crippen LogP contribution in [0.15, 0.2) is 224 Å². The second kappa shape index (κ2) is 16.3. The smallest absolute Gasteiger partial charge is 0.0449 e. The minimum Gasteiger partial charge on any atom is -0.337 e. The Morgan fingerprint density at radius 3 is 1.57 bits per heavy atom. The Hall–Kier alpha value is -7.74. The van der Waals surface area contributed by atoms with Crippen LogP contribution in [0.25, 0.3) is 76.5 Å². The van der Waals surface area contributed by atoms with Crippen LogP contribution in [0.3, 0.4) is 0 Å². The van der Waals surface area contributed by atoms with Crippen LogP contribution < -0.4 is 4.90 Å². The van der Waals surface area contributed by atoms with Gasteiger partial charge < -0.3 is 4.90 Å². The van der Waals surface area contributed by atoms with Crippen LogP contribution >= 0.6 is 0 Å². The third-order valence-electron chi connectivity index (χ3n) is 15.4. The normalized spacial score (nSPS) is 16.7. The molecule has 1 aliphatic carbocycles. The summed E-state index contributed by atoms with van der Waals surface area (Å²) < 4.78 is 0. The van der Waals surface area contributed by atoms with Gasteiger partial charge in [0.05, 0.1) is 0 Å². The maximum absolute atomic E-state index is 2.67. The van der Waals surface area contributed by atoms with Crippen molar-refractivity contribution in [1.82, 2.24) is 0 Å². The molecule has 0 N–H and O–H groups in total. The molecule has 11 aromatic carbocycles. The third-order valence-corrected chi connectivity index (χ3v) is 15.4. The maximum atomic E-state index is 2.67. The fourth-order valence-corrected chi connectivity index (χ4v) is 12.6. The van der Waals surface area contributed by atoms with Crippen molar-refractivity contribution in [3.05, 3.63) is 252 Å². The van der Waals surface area contributed by atoms with Crippen molar-refractivity contribution >= 4 is 54.5 Å². The first-order valence-electron chi connectivity index (χ1n) is 24.2. The summed E-state index contributed by atoms with van der Waals surface area (Å²) in [5.41, 5.74) is 17.5. The zero-order valence-electron chi connectivity index (χ0n) is 37.9. The van der Waals surface area contributed by atoms with Gasteiger partial charge in [0.25, 0.3) is 0 Å². The molecule has 13 rings (SSSR count). The zero-order chi connectivity index (χ0) is 44.4. The Labute approximate surface area is 393 Å². The molecule has 1 heteroatoms. The van der Waals surface area contributed by atoms with Gasteiger partial charge in [-0.2, -0.15) is 0 Å². The van der Waals surface area contributed by atoms with Crippen molar-refractivity contribution in [2.45, 2.75) is 50.5 Å². The number of benzene rings is 11. The van der Waals surface area contributed by atoms with E-state index >= 15 is 0 Å². The lowest BCUT2D eigenvalue weighted by molar-refractivity contribution is 0.363. The highest BCUT2D eigenvalue weighted by Gasteiger charge is 2.44. The second-order valence-electron chi connectivity index (χ2n) is 19.0. The van der Waals surface area contributed by atoms with Crippen LogP contribution in [0.4, 0.5) is 11.4 Å². The maximum Gasteiger partial charge on any atom is 0.0449 e. The van der Waals surface area contributed by atoms with Gasteiger partial charge in [-0.15, -0.1) is 0 Å². The number of hydrogen-bond acceptors (Lipinski definition) is 1. The van der Waals surface area contributed by atoms with Gasteiger partial charge in [-0.3, -0.25) is 0 Å². The molecule has 0 spiro atoms. The van der Waals surface area contributed by atoms with Gasteiger partial charge in [0, 0.05) is 23.3 Å². The predicted molar refractivity (Wildman–Crippen MR) is 285 cm³/mol. The number of rotatable bonds is 7. The fourth-order valence-electron chi connectivity index (χ4n) is 12.6. The Morgan fingerprint density at radius 1 is 0.433 bits per heavy atom. The van der Waals surface area contributed by atoms with Gasteiger partial charge in [-0.25, -0.2) is 0 Å². The molecule has 1 aliphatic heterocycles. The van der Waals surface area contributed by atoms with Crippen molar-refractivity contribution in [1.29, 1.82) is 0 Å². The van der Waals surface area contributed by atoms with Crippen molar-refractivity contribution in [2.24, 2.45) is 0 Å². The molecule has 0 saturated heterocycles. The molecular weight excluding hydrogens is 807 g/mol. The lowest BCUT2D eigenvalue weighted by atomic mass is 9.71. The Kier molecular flexibility index (Phi) is 9.64. The van der Waals surface area contributed by atoms with Gasteiger partial charge in [0.2, 0.25) is 0 Å². The first kappa shape index (κ1) is 39.6. The van der Waals surface area contributed by atoms with E-state index in [2.05, 4.69) is 236 Å². The van der Waals surface area contributed by atoms with Gasteiger partial charge in [-0.05, 0) is 161 Å². The van der Waals surface area contributed by atoms with E-state index in [-0.39, 0.29) is 0 Å². The van der Waals surface area contributed by atoms with E-state index in [0.29, 0.717) is 17.9 Å². The molecule has 1 heterocycles. The van der Waals surface area contributed by atoms with E-state index in [1.807, 2.05) is 0 Å². The highest BCUT2D eigenvalue weighted by atomic mass is 15.2. The van der Waals surface area contributed by atoms with E-state index in [9.17, 15) is 0 Å². The number of aryl methyl sites for hydroxylation is 1. The first-order valence-corrected chi connectivity index (χ1v) is 24.2. The number of nitrogens with zero attached hydrogens (tertiary/aromatic N) is 1. The largest absolute Gasteiger partial charge is 0.337 e. The molecule has 2 aliphatic rings. The van der Waals surface area contributed by atoms with E-state index in [1.54, 1.807) is 0 Å². The topological polar surface area (TPSA) is 3.24 Å². The van der Waals surface area contributed by atoms with Crippen LogP contribution in [0.5, 0.6) is 0 Å². The second-order valence-corrected chi connectivity index (χ2v) is 19.0. The van der Waals surface area contributed by atoms with E-state index in [1.165, 1.54) is 129 Å². The summed E-state index contributed by atoms with van der Waals surface area (Å²) >= 11 is 0. The van der Waals surface area contributed by atoms with Gasteiger partial charge in [-0.1, -0.05) is 206 Å². The van der Waals surface area contributed by atoms with Crippen molar-refractivity contribution < 1.29 is 0 Å². The molecule has 67 heavy (non-hydrogen) atoms. The number of fused-ring (bicyclic) bond motifs is 7. The monoisotopic (exact) mass is 857 g/mol. The molecule has 1 saturated carbocycles. The molecule has 0 bridgehead atoms. The number of anilines is 2. The molecule has 3 unspecified atom stereocenters. The molecular formula is C66H51N. The third kappa shape index (κ3) is 6.51. The molecule has 0 amide bonds. The van der Waals surface area contributed by atoms with E-state index in [0.717, 1.165) is 12.8 Å². The molecule has 11 aromatic rings. The van der Waals surface area contributed by atoms with E-state index in [4.69, 9.17) is 0 Å². The van der Waals surface area contributed by atoms with Gasteiger partial charge >= 0.3 is 0 Å². The fraction of sp³-hybridized carbons (Fsp3) is 0.121. The van der Waals surface area contributed by atoms with Crippen LogP contribution in [-0.2, 0) is 6.42 Å². The average molecular weight is 858 g/mol. The summed E-state index contributed by atoms with van der Waals surface area (Å²) in [6.45, 7) is 2.29. The minimum absolute atomic E-state index is 0.401. The summed E-state index contributed by atoms with van der Waals surface area (Å²) in [5.74, 6) is 0.939. The SMILES string of the molecule is Cc1cc(-c2c3ccccc3c(-c3c4ccccc4c(C4CCC5c6ccccc6N(c6ccccc6)C5C4)c4ccccc34)c3ccccc23)ccc1-c1ccccc1Cc1ccccc1. The first-order chi connectivity index (χ1) is 33.2. The number of hydrogen-bond donors (Lipinski definition) is 0. The number of para-hydroxylation sites is 2. The van der Waals surface area contributed by atoms with Gasteiger partial charge in [0.15, 0.2) is 0 Å². The van der Waals surface area contributed by atoms with Crippen molar-refractivity contribution in [2.75, 3.05) is 4.90 Å². The summed E-state index contributed by atoms with van der Waals surface area (Å²) in [6.07, 6.45) is 4.36. The molecule has 1 fully saturated rings. The zero-order valence-corrected chi connectivity index (χ0v) is 37.9. The summed E-state index contributed by atoms with van der Waals surface area (Å²) in [4.78, 5) is 2.67. The highest BCUT2D eigenvalue weighted by molar-refractivity contribution is 6.28. The lowest BCUT2D eigenvalue weighted by Gasteiger charge is -2.38. The van der Waals surface area contributed by atoms with E-state index < -0.39 is 0 Å². The predicted octanol–water partition coefficient (Wildman–Crippen LogP) is 17.8. The van der Waals surface area contributed by atoms with Crippen molar-refractivity contribution in [3.63, 3.8) is 0 Å². The quantitative estimate of drug-likeness (QED) is 0.144. The van der Waals surface area contributed by atoms with Crippen LogP contribution in [-0.4, -0.2) is 6.04 Å². The Morgan fingerprint density at radius 2 is 0.940 bits per heavy atom. The van der Waals surface area contributed by atoms with Crippen LogP contribution in [0.2, 0.25) is 0 Å². The molecule has 0 radical (unpaired) electrons.